The monoisotopic (exact) mass is 475 g/mol. The number of nitrogens with zero attached hydrogens (tertiary/aromatic N) is 1. The van der Waals surface area contributed by atoms with Crippen molar-refractivity contribution in [1.82, 2.24) is 4.57 Å². The first-order valence-corrected chi connectivity index (χ1v) is 11.9. The maximum absolute atomic E-state index is 6.29. The van der Waals surface area contributed by atoms with Crippen LogP contribution >= 0.6 is 0 Å². The molecule has 0 saturated heterocycles. The summed E-state index contributed by atoms with van der Waals surface area (Å²) in [5.41, 5.74) is 2.13. The predicted octanol–water partition coefficient (Wildman–Crippen LogP) is 5.33. The Morgan fingerprint density at radius 1 is 0.583 bits per heavy atom. The molecule has 174 valence electrons. The van der Waals surface area contributed by atoms with Gasteiger partial charge in [0.2, 0.25) is 0 Å². The smallest absolute Gasteiger partial charge is 0.498 e. The Hall–Kier alpha value is -4.01. The highest BCUT2D eigenvalue weighted by molar-refractivity contribution is 6.64. The molecule has 7 nitrogen and oxygen atoms in total. The Morgan fingerprint density at radius 3 is 1.36 bits per heavy atom. The van der Waals surface area contributed by atoms with E-state index >= 15 is 0 Å². The molecule has 10 heteroatoms. The zero-order valence-electron chi connectivity index (χ0n) is 19.4. The average Bonchev–Trinajstić information content (AvgIpc) is 3.60. The molecule has 0 radical (unpaired) electrons. The van der Waals surface area contributed by atoms with Gasteiger partial charge in [-0.05, 0) is 43.3 Å². The second-order valence-electron chi connectivity index (χ2n) is 8.73. The third-order valence-electron chi connectivity index (χ3n) is 6.50. The van der Waals surface area contributed by atoms with Crippen LogP contribution in [-0.2, 0) is 9.14 Å². The van der Waals surface area contributed by atoms with Crippen molar-refractivity contribution in [1.29, 1.82) is 0 Å². The van der Waals surface area contributed by atoms with Crippen LogP contribution in [0.25, 0.3) is 21.8 Å². The number of aromatic nitrogens is 1. The molecule has 7 rings (SSSR count). The fourth-order valence-electron chi connectivity index (χ4n) is 4.86. The van der Waals surface area contributed by atoms with Gasteiger partial charge in [-0.3, -0.25) is 0 Å². The van der Waals surface area contributed by atoms with E-state index in [1.165, 1.54) is 0 Å². The summed E-state index contributed by atoms with van der Waals surface area (Å²) in [5, 5.41) is 2.31. The SMILES string of the molecule is CC(B(OB1Oc2ccccc2O1)OB1Oc2ccccc2O1)n1c2ccccc2c2ccccc21. The second kappa shape index (κ2) is 8.58. The molecule has 1 unspecified atom stereocenters. The topological polar surface area (TPSA) is 60.3 Å². The number of rotatable bonds is 6. The van der Waals surface area contributed by atoms with Gasteiger partial charge in [0.25, 0.3) is 0 Å². The van der Waals surface area contributed by atoms with Gasteiger partial charge >= 0.3 is 21.8 Å². The summed E-state index contributed by atoms with van der Waals surface area (Å²) in [7, 11) is -2.80. The summed E-state index contributed by atoms with van der Waals surface area (Å²) in [5.74, 6) is 2.16. The van der Waals surface area contributed by atoms with Crippen LogP contribution in [0.5, 0.6) is 23.0 Å². The first-order valence-electron chi connectivity index (χ1n) is 11.9. The molecule has 36 heavy (non-hydrogen) atoms. The molecule has 2 aliphatic heterocycles. The van der Waals surface area contributed by atoms with Crippen molar-refractivity contribution < 1.29 is 27.8 Å². The Morgan fingerprint density at radius 2 is 0.944 bits per heavy atom. The highest BCUT2D eigenvalue weighted by Crippen LogP contribution is 2.37. The van der Waals surface area contributed by atoms with Gasteiger partial charge in [-0.25, -0.2) is 0 Å². The maximum Gasteiger partial charge on any atom is 0.774 e. The van der Waals surface area contributed by atoms with Gasteiger partial charge in [-0.2, -0.15) is 0 Å². The zero-order valence-corrected chi connectivity index (χ0v) is 19.4. The van der Waals surface area contributed by atoms with E-state index in [2.05, 4.69) is 28.8 Å². The van der Waals surface area contributed by atoms with Crippen LogP contribution < -0.4 is 18.6 Å². The van der Waals surface area contributed by atoms with Gasteiger partial charge in [0, 0.05) is 21.8 Å². The Balaban J connectivity index is 1.24. The minimum absolute atomic E-state index is 0.304. The fraction of sp³-hybridized carbons (Fsp3) is 0.0769. The molecule has 0 amide bonds. The van der Waals surface area contributed by atoms with Crippen molar-refractivity contribution >= 4 is 43.6 Å². The minimum Gasteiger partial charge on any atom is -0.498 e. The van der Waals surface area contributed by atoms with E-state index in [1.54, 1.807) is 0 Å². The van der Waals surface area contributed by atoms with Gasteiger partial charge in [0.1, 0.15) is 23.0 Å². The number of hydrogen-bond donors (Lipinski definition) is 0. The highest BCUT2D eigenvalue weighted by atomic mass is 16.8. The highest BCUT2D eigenvalue weighted by Gasteiger charge is 2.48. The van der Waals surface area contributed by atoms with Crippen molar-refractivity contribution in [3.8, 4) is 23.0 Å². The molecule has 1 atom stereocenters. The van der Waals surface area contributed by atoms with Crippen LogP contribution in [0.1, 0.15) is 12.9 Å². The largest absolute Gasteiger partial charge is 0.774 e. The Bertz CT molecular complexity index is 1420. The molecular weight excluding hydrogens is 455 g/mol. The van der Waals surface area contributed by atoms with Crippen LogP contribution in [0.4, 0.5) is 0 Å². The van der Waals surface area contributed by atoms with Crippen molar-refractivity contribution in [3.05, 3.63) is 97.1 Å². The van der Waals surface area contributed by atoms with Crippen molar-refractivity contribution in [3.63, 3.8) is 0 Å². The lowest BCUT2D eigenvalue weighted by Crippen LogP contribution is -2.47. The molecule has 4 aromatic carbocycles. The molecule has 0 bridgehead atoms. The summed E-state index contributed by atoms with van der Waals surface area (Å²) in [6, 6.07) is 31.5. The van der Waals surface area contributed by atoms with Gasteiger partial charge < -0.3 is 32.3 Å². The zero-order chi connectivity index (χ0) is 24.1. The average molecular weight is 475 g/mol. The maximum atomic E-state index is 6.29. The van der Waals surface area contributed by atoms with Gasteiger partial charge in [0.15, 0.2) is 0 Å². The second-order valence-corrected chi connectivity index (χ2v) is 8.73. The first-order chi connectivity index (χ1) is 17.7. The van der Waals surface area contributed by atoms with E-state index in [9.17, 15) is 0 Å². The number of fused-ring (bicyclic) bond motifs is 5. The molecule has 5 aromatic rings. The van der Waals surface area contributed by atoms with Crippen LogP contribution in [-0.4, -0.2) is 26.3 Å². The van der Waals surface area contributed by atoms with Crippen LogP contribution in [0.15, 0.2) is 97.1 Å². The summed E-state index contributed by atoms with van der Waals surface area (Å²) in [6.07, 6.45) is 0. The Kier molecular flexibility index (Phi) is 5.08. The van der Waals surface area contributed by atoms with E-state index in [-0.39, 0.29) is 5.94 Å². The first kappa shape index (κ1) is 21.3. The quantitative estimate of drug-likeness (QED) is 0.310. The van der Waals surface area contributed by atoms with Crippen LogP contribution in [0, 0.1) is 0 Å². The van der Waals surface area contributed by atoms with E-state index in [0.717, 1.165) is 21.8 Å². The third-order valence-corrected chi connectivity index (χ3v) is 6.50. The molecule has 0 saturated carbocycles. The standard InChI is InChI=1S/C26H20B3NO6/c1-18(30-21-12-4-2-10-19(21)20-11-3-5-13-22(20)30)27(35-28-31-23-14-6-7-15-24(23)32-28)36-29-33-25-16-8-9-17-26(25)34-29/h2-18H,1H3. The van der Waals surface area contributed by atoms with Gasteiger partial charge in [-0.15, -0.1) is 0 Å². The predicted molar refractivity (Wildman–Crippen MR) is 139 cm³/mol. The number of hydrogen-bond acceptors (Lipinski definition) is 6. The van der Waals surface area contributed by atoms with Crippen LogP contribution in [0.3, 0.4) is 0 Å². The van der Waals surface area contributed by atoms with Crippen molar-refractivity contribution in [2.75, 3.05) is 0 Å². The molecule has 3 heterocycles. The number of benzene rings is 4. The molecule has 1 aromatic heterocycles. The summed E-state index contributed by atoms with van der Waals surface area (Å²) in [4.78, 5) is 0. The normalized spacial score (nSPS) is 14.6. The van der Waals surface area contributed by atoms with Gasteiger partial charge in [0.05, 0.1) is 5.94 Å². The minimum atomic E-state index is -0.980. The third kappa shape index (κ3) is 3.57. The number of para-hydroxylation sites is 6. The van der Waals surface area contributed by atoms with Crippen molar-refractivity contribution in [2.45, 2.75) is 12.9 Å². The molecular formula is C26H20B3NO6. The summed E-state index contributed by atoms with van der Waals surface area (Å²) in [6.45, 7) is 2.04. The summed E-state index contributed by atoms with van der Waals surface area (Å²) >= 11 is 0. The molecule has 0 aliphatic carbocycles. The van der Waals surface area contributed by atoms with Crippen molar-refractivity contribution in [2.24, 2.45) is 0 Å². The van der Waals surface area contributed by atoms with E-state index < -0.39 is 21.8 Å². The fourth-order valence-corrected chi connectivity index (χ4v) is 4.86. The lowest BCUT2D eigenvalue weighted by molar-refractivity contribution is 0.267. The molecule has 0 N–H and O–H groups in total. The van der Waals surface area contributed by atoms with E-state index in [4.69, 9.17) is 27.8 Å². The van der Waals surface area contributed by atoms with E-state index in [1.807, 2.05) is 79.7 Å². The summed E-state index contributed by atoms with van der Waals surface area (Å²) < 4.78 is 38.4. The molecule has 2 aliphatic rings. The van der Waals surface area contributed by atoms with Crippen LogP contribution in [0.2, 0.25) is 0 Å². The van der Waals surface area contributed by atoms with Gasteiger partial charge in [-0.1, -0.05) is 60.7 Å². The Labute approximate surface area is 208 Å². The molecule has 0 spiro atoms. The van der Waals surface area contributed by atoms with E-state index in [0.29, 0.717) is 23.0 Å². The molecule has 0 fully saturated rings. The lowest BCUT2D eigenvalue weighted by atomic mass is 9.75. The lowest BCUT2D eigenvalue weighted by Gasteiger charge is -2.24.